The molecule has 0 spiro atoms. The summed E-state index contributed by atoms with van der Waals surface area (Å²) in [5, 5.41) is 20.2. The van der Waals surface area contributed by atoms with Crippen LogP contribution in [-0.2, 0) is 4.79 Å². The van der Waals surface area contributed by atoms with Gasteiger partial charge in [-0.25, -0.2) is 0 Å². The molecule has 0 aliphatic rings. The summed E-state index contributed by atoms with van der Waals surface area (Å²) < 4.78 is 0. The molecule has 152 valence electrons. The van der Waals surface area contributed by atoms with E-state index in [0.717, 1.165) is 19.3 Å². The first kappa shape index (κ1) is 23.1. The van der Waals surface area contributed by atoms with Crippen molar-refractivity contribution in [3.05, 3.63) is 39.9 Å². The largest absolute Gasteiger partial charge is 0.481 e. The van der Waals surface area contributed by atoms with Crippen molar-refractivity contribution in [3.63, 3.8) is 0 Å². The summed E-state index contributed by atoms with van der Waals surface area (Å²) in [6.07, 6.45) is 15.6. The van der Waals surface area contributed by atoms with Crippen LogP contribution in [0.5, 0.6) is 0 Å². The fourth-order valence-corrected chi connectivity index (χ4v) is 3.45. The lowest BCUT2D eigenvalue weighted by molar-refractivity contribution is -0.384. The molecule has 0 saturated heterocycles. The SMILES string of the molecule is CCCCCCCCCCCCCC[C@H](C(=O)O)c1ccc([N+](=O)[O-])cc1. The number of carboxylic acid groups (broad SMARTS) is 1. The number of nitro benzene ring substituents is 1. The molecule has 0 aliphatic carbocycles. The van der Waals surface area contributed by atoms with Crippen LogP contribution in [-0.4, -0.2) is 16.0 Å². The molecular weight excluding hydrogens is 342 g/mol. The first-order chi connectivity index (χ1) is 13.1. The van der Waals surface area contributed by atoms with E-state index in [1.807, 2.05) is 0 Å². The minimum absolute atomic E-state index is 0.00625. The van der Waals surface area contributed by atoms with Gasteiger partial charge < -0.3 is 5.11 Å². The third-order valence-electron chi connectivity index (χ3n) is 5.15. The predicted octanol–water partition coefficient (Wildman–Crippen LogP) is 6.85. The Morgan fingerprint density at radius 2 is 1.33 bits per heavy atom. The third-order valence-corrected chi connectivity index (χ3v) is 5.15. The monoisotopic (exact) mass is 377 g/mol. The smallest absolute Gasteiger partial charge is 0.310 e. The second-order valence-electron chi connectivity index (χ2n) is 7.42. The number of rotatable bonds is 16. The van der Waals surface area contributed by atoms with Gasteiger partial charge in [-0.2, -0.15) is 0 Å². The van der Waals surface area contributed by atoms with Crippen molar-refractivity contribution < 1.29 is 14.8 Å². The Bertz CT molecular complexity index is 542. The highest BCUT2D eigenvalue weighted by Crippen LogP contribution is 2.25. The molecule has 27 heavy (non-hydrogen) atoms. The Morgan fingerprint density at radius 1 is 0.889 bits per heavy atom. The van der Waals surface area contributed by atoms with Crippen LogP contribution < -0.4 is 0 Å². The fraction of sp³-hybridized carbons (Fsp3) is 0.682. The molecule has 5 nitrogen and oxygen atoms in total. The minimum atomic E-state index is -0.855. The van der Waals surface area contributed by atoms with Crippen molar-refractivity contribution in [2.24, 2.45) is 0 Å². The van der Waals surface area contributed by atoms with Crippen LogP contribution in [0, 0.1) is 10.1 Å². The number of hydrogen-bond donors (Lipinski definition) is 1. The summed E-state index contributed by atoms with van der Waals surface area (Å²) in [7, 11) is 0. The molecule has 1 aromatic rings. The zero-order chi connectivity index (χ0) is 19.9. The zero-order valence-corrected chi connectivity index (χ0v) is 16.7. The number of nitrogens with zero attached hydrogens (tertiary/aromatic N) is 1. The lowest BCUT2D eigenvalue weighted by atomic mass is 9.92. The molecule has 0 aliphatic heterocycles. The van der Waals surface area contributed by atoms with Gasteiger partial charge in [0.05, 0.1) is 10.8 Å². The second-order valence-corrected chi connectivity index (χ2v) is 7.42. The molecule has 0 unspecified atom stereocenters. The van der Waals surface area contributed by atoms with E-state index in [4.69, 9.17) is 0 Å². The Hall–Kier alpha value is -1.91. The van der Waals surface area contributed by atoms with Crippen LogP contribution in [0.15, 0.2) is 24.3 Å². The number of aliphatic carboxylic acids is 1. The van der Waals surface area contributed by atoms with Crippen molar-refractivity contribution in [3.8, 4) is 0 Å². The van der Waals surface area contributed by atoms with E-state index in [2.05, 4.69) is 6.92 Å². The van der Waals surface area contributed by atoms with Crippen molar-refractivity contribution in [2.45, 2.75) is 96.3 Å². The number of non-ortho nitro benzene ring substituents is 1. The van der Waals surface area contributed by atoms with E-state index < -0.39 is 16.8 Å². The van der Waals surface area contributed by atoms with Crippen LogP contribution in [0.2, 0.25) is 0 Å². The topological polar surface area (TPSA) is 80.4 Å². The predicted molar refractivity (Wildman–Crippen MR) is 109 cm³/mol. The molecular formula is C22H35NO4. The average Bonchev–Trinajstić information content (AvgIpc) is 2.65. The number of carbonyl (C=O) groups is 1. The number of benzene rings is 1. The van der Waals surface area contributed by atoms with Crippen molar-refractivity contribution in [1.29, 1.82) is 0 Å². The third kappa shape index (κ3) is 10.1. The zero-order valence-electron chi connectivity index (χ0n) is 16.7. The molecule has 0 heterocycles. The highest BCUT2D eigenvalue weighted by atomic mass is 16.6. The van der Waals surface area contributed by atoms with Crippen LogP contribution in [0.3, 0.4) is 0 Å². The van der Waals surface area contributed by atoms with Crippen molar-refractivity contribution >= 4 is 11.7 Å². The summed E-state index contributed by atoms with van der Waals surface area (Å²) in [4.78, 5) is 21.8. The number of hydrogen-bond acceptors (Lipinski definition) is 3. The normalized spacial score (nSPS) is 12.0. The van der Waals surface area contributed by atoms with E-state index in [1.54, 1.807) is 12.1 Å². The molecule has 1 N–H and O–H groups in total. The van der Waals surface area contributed by atoms with E-state index in [0.29, 0.717) is 12.0 Å². The Labute approximate surface area is 163 Å². The Balaban J connectivity index is 2.15. The van der Waals surface area contributed by atoms with Gasteiger partial charge in [-0.3, -0.25) is 14.9 Å². The van der Waals surface area contributed by atoms with E-state index >= 15 is 0 Å². The van der Waals surface area contributed by atoms with Crippen molar-refractivity contribution in [2.75, 3.05) is 0 Å². The Morgan fingerprint density at radius 3 is 1.74 bits per heavy atom. The lowest BCUT2D eigenvalue weighted by Gasteiger charge is -2.12. The highest BCUT2D eigenvalue weighted by molar-refractivity contribution is 5.76. The molecule has 1 atom stereocenters. The molecule has 0 radical (unpaired) electrons. The lowest BCUT2D eigenvalue weighted by Crippen LogP contribution is -2.11. The maximum absolute atomic E-state index is 11.5. The maximum Gasteiger partial charge on any atom is 0.310 e. The first-order valence-electron chi connectivity index (χ1n) is 10.5. The van der Waals surface area contributed by atoms with Gasteiger partial charge in [-0.05, 0) is 12.0 Å². The fourth-order valence-electron chi connectivity index (χ4n) is 3.45. The van der Waals surface area contributed by atoms with Gasteiger partial charge in [0, 0.05) is 12.1 Å². The van der Waals surface area contributed by atoms with Gasteiger partial charge in [0.1, 0.15) is 0 Å². The quantitative estimate of drug-likeness (QED) is 0.194. The number of carboxylic acids is 1. The minimum Gasteiger partial charge on any atom is -0.481 e. The van der Waals surface area contributed by atoms with Gasteiger partial charge in [0.25, 0.3) is 5.69 Å². The van der Waals surface area contributed by atoms with Gasteiger partial charge in [-0.15, -0.1) is 0 Å². The van der Waals surface area contributed by atoms with Gasteiger partial charge in [0.15, 0.2) is 0 Å². The van der Waals surface area contributed by atoms with Gasteiger partial charge >= 0.3 is 5.97 Å². The van der Waals surface area contributed by atoms with Crippen LogP contribution in [0.4, 0.5) is 5.69 Å². The molecule has 0 amide bonds. The summed E-state index contributed by atoms with van der Waals surface area (Å²) in [5.74, 6) is -1.43. The molecule has 0 saturated carbocycles. The van der Waals surface area contributed by atoms with E-state index in [1.165, 1.54) is 69.9 Å². The standard InChI is InChI=1S/C22H35NO4/c1-2-3-4-5-6-7-8-9-10-11-12-13-14-21(22(24)25)19-15-17-20(18-16-19)23(26)27/h15-18,21H,2-14H2,1H3,(H,24,25)/t21-/m0/s1. The summed E-state index contributed by atoms with van der Waals surface area (Å²) in [6.45, 7) is 2.24. The molecule has 1 aromatic carbocycles. The van der Waals surface area contributed by atoms with E-state index in [-0.39, 0.29) is 5.69 Å². The molecule has 5 heteroatoms. The van der Waals surface area contributed by atoms with Gasteiger partial charge in [0.2, 0.25) is 0 Å². The number of nitro groups is 1. The maximum atomic E-state index is 11.5. The summed E-state index contributed by atoms with van der Waals surface area (Å²) in [5.41, 5.74) is 0.643. The van der Waals surface area contributed by atoms with Crippen LogP contribution in [0.25, 0.3) is 0 Å². The molecule has 0 aromatic heterocycles. The molecule has 0 bridgehead atoms. The number of unbranched alkanes of at least 4 members (excludes halogenated alkanes) is 11. The van der Waals surface area contributed by atoms with Crippen LogP contribution in [0.1, 0.15) is 102 Å². The Kier molecular flexibility index (Phi) is 12.2. The second kappa shape index (κ2) is 14.2. The summed E-state index contributed by atoms with van der Waals surface area (Å²) in [6, 6.07) is 5.90. The molecule has 0 fully saturated rings. The average molecular weight is 378 g/mol. The highest BCUT2D eigenvalue weighted by Gasteiger charge is 2.20. The van der Waals surface area contributed by atoms with Gasteiger partial charge in [-0.1, -0.05) is 96.1 Å². The van der Waals surface area contributed by atoms with Crippen LogP contribution >= 0.6 is 0 Å². The first-order valence-corrected chi connectivity index (χ1v) is 10.5. The summed E-state index contributed by atoms with van der Waals surface area (Å²) >= 11 is 0. The molecule has 1 rings (SSSR count). The van der Waals surface area contributed by atoms with Crippen molar-refractivity contribution in [1.82, 2.24) is 0 Å². The van der Waals surface area contributed by atoms with E-state index in [9.17, 15) is 20.0 Å².